The standard InChI is InChI=1S/C24H28FN5O3/c1-28-20-10-12-30(23(32)17-6-2-3-7-19(17)25)14-18(20)21(27-28)24(33)29-11-4-5-15(13-29)22(31)26-16-8-9-16/h2-3,6-7,15-16H,4-5,8-14H2,1H3,(H,26,31)/t15-/m1/s1. The summed E-state index contributed by atoms with van der Waals surface area (Å²) in [5.41, 5.74) is 1.97. The third-order valence-corrected chi connectivity index (χ3v) is 6.84. The highest BCUT2D eigenvalue weighted by molar-refractivity contribution is 5.96. The number of amides is 3. The van der Waals surface area contributed by atoms with Crippen molar-refractivity contribution in [3.63, 3.8) is 0 Å². The van der Waals surface area contributed by atoms with Gasteiger partial charge in [0.25, 0.3) is 11.8 Å². The first-order chi connectivity index (χ1) is 15.9. The largest absolute Gasteiger partial charge is 0.353 e. The first kappa shape index (κ1) is 21.6. The van der Waals surface area contributed by atoms with Gasteiger partial charge in [-0.25, -0.2) is 4.39 Å². The number of hydrogen-bond donors (Lipinski definition) is 1. The maximum absolute atomic E-state index is 14.2. The van der Waals surface area contributed by atoms with E-state index in [4.69, 9.17) is 0 Å². The van der Waals surface area contributed by atoms with Crippen LogP contribution in [-0.4, -0.2) is 63.0 Å². The molecule has 9 heteroatoms. The molecule has 1 saturated carbocycles. The first-order valence-electron chi connectivity index (χ1n) is 11.6. The van der Waals surface area contributed by atoms with Crippen LogP contribution in [0.1, 0.15) is 57.8 Å². The number of benzene rings is 1. The van der Waals surface area contributed by atoms with Crippen molar-refractivity contribution in [2.75, 3.05) is 19.6 Å². The van der Waals surface area contributed by atoms with Crippen LogP contribution >= 0.6 is 0 Å². The highest BCUT2D eigenvalue weighted by atomic mass is 19.1. The molecule has 5 rings (SSSR count). The average molecular weight is 454 g/mol. The van der Waals surface area contributed by atoms with Crippen molar-refractivity contribution in [1.82, 2.24) is 24.9 Å². The Morgan fingerprint density at radius 2 is 1.85 bits per heavy atom. The minimum atomic E-state index is -0.556. The lowest BCUT2D eigenvalue weighted by atomic mass is 9.96. The van der Waals surface area contributed by atoms with E-state index in [9.17, 15) is 18.8 Å². The van der Waals surface area contributed by atoms with Gasteiger partial charge in [-0.2, -0.15) is 5.10 Å². The van der Waals surface area contributed by atoms with Crippen molar-refractivity contribution >= 4 is 17.7 Å². The number of piperidine rings is 1. The third-order valence-electron chi connectivity index (χ3n) is 6.84. The molecule has 1 aromatic carbocycles. The summed E-state index contributed by atoms with van der Waals surface area (Å²) in [6, 6.07) is 6.23. The van der Waals surface area contributed by atoms with E-state index >= 15 is 0 Å². The van der Waals surface area contributed by atoms with E-state index in [0.717, 1.165) is 31.4 Å². The van der Waals surface area contributed by atoms with Gasteiger partial charge in [0.2, 0.25) is 5.91 Å². The fourth-order valence-electron chi connectivity index (χ4n) is 4.81. The van der Waals surface area contributed by atoms with Gasteiger partial charge in [0.1, 0.15) is 5.82 Å². The Morgan fingerprint density at radius 3 is 2.61 bits per heavy atom. The van der Waals surface area contributed by atoms with Gasteiger partial charge in [-0.3, -0.25) is 19.1 Å². The van der Waals surface area contributed by atoms with E-state index in [1.165, 1.54) is 12.1 Å². The summed E-state index contributed by atoms with van der Waals surface area (Å²) in [5, 5.41) is 7.54. The average Bonchev–Trinajstić information content (AvgIpc) is 3.59. The summed E-state index contributed by atoms with van der Waals surface area (Å²) >= 11 is 0. The molecule has 0 bridgehead atoms. The van der Waals surface area contributed by atoms with Crippen LogP contribution in [0.15, 0.2) is 24.3 Å². The SMILES string of the molecule is Cn1nc(C(=O)N2CCC[C@@H](C(=O)NC3CC3)C2)c2c1CCN(C(=O)c1ccccc1F)C2. The lowest BCUT2D eigenvalue weighted by Crippen LogP contribution is -2.46. The van der Waals surface area contributed by atoms with Crippen LogP contribution in [0.3, 0.4) is 0 Å². The van der Waals surface area contributed by atoms with Gasteiger partial charge in [-0.1, -0.05) is 12.1 Å². The summed E-state index contributed by atoms with van der Waals surface area (Å²) in [4.78, 5) is 42.2. The van der Waals surface area contributed by atoms with Crippen LogP contribution in [0.4, 0.5) is 4.39 Å². The quantitative estimate of drug-likeness (QED) is 0.766. The fraction of sp³-hybridized carbons (Fsp3) is 0.500. The summed E-state index contributed by atoms with van der Waals surface area (Å²) in [6.07, 6.45) is 4.14. The number of aromatic nitrogens is 2. The molecule has 1 saturated heterocycles. The molecular weight excluding hydrogens is 425 g/mol. The van der Waals surface area contributed by atoms with E-state index in [-0.39, 0.29) is 29.8 Å². The van der Waals surface area contributed by atoms with Crippen molar-refractivity contribution in [3.8, 4) is 0 Å². The molecular formula is C24H28FN5O3. The molecule has 0 unspecified atom stereocenters. The van der Waals surface area contributed by atoms with Crippen molar-refractivity contribution in [3.05, 3.63) is 52.6 Å². The number of hydrogen-bond acceptors (Lipinski definition) is 4. The second-order valence-corrected chi connectivity index (χ2v) is 9.23. The van der Waals surface area contributed by atoms with E-state index in [2.05, 4.69) is 10.4 Å². The smallest absolute Gasteiger partial charge is 0.274 e. The van der Waals surface area contributed by atoms with Crippen molar-refractivity contribution in [1.29, 1.82) is 0 Å². The number of likely N-dealkylation sites (tertiary alicyclic amines) is 1. The molecule has 3 amide bonds. The number of fused-ring (bicyclic) bond motifs is 1. The van der Waals surface area contributed by atoms with Crippen LogP contribution in [0, 0.1) is 11.7 Å². The van der Waals surface area contributed by atoms with Gasteiger partial charge in [-0.05, 0) is 37.8 Å². The molecule has 3 aliphatic rings. The Balaban J connectivity index is 1.34. The summed E-state index contributed by atoms with van der Waals surface area (Å²) in [6.45, 7) is 1.59. The molecule has 1 atom stereocenters. The zero-order valence-corrected chi connectivity index (χ0v) is 18.7. The molecule has 0 spiro atoms. The maximum Gasteiger partial charge on any atom is 0.274 e. The molecule has 1 aliphatic carbocycles. The molecule has 0 radical (unpaired) electrons. The van der Waals surface area contributed by atoms with Crippen LogP contribution in [0.5, 0.6) is 0 Å². The van der Waals surface area contributed by atoms with Crippen LogP contribution in [0.25, 0.3) is 0 Å². The van der Waals surface area contributed by atoms with E-state index in [1.54, 1.807) is 33.7 Å². The molecule has 3 heterocycles. The lowest BCUT2D eigenvalue weighted by molar-refractivity contribution is -0.126. The highest BCUT2D eigenvalue weighted by Gasteiger charge is 2.36. The molecule has 174 valence electrons. The predicted molar refractivity (Wildman–Crippen MR) is 118 cm³/mol. The zero-order valence-electron chi connectivity index (χ0n) is 18.7. The Morgan fingerprint density at radius 1 is 1.06 bits per heavy atom. The number of rotatable bonds is 4. The van der Waals surface area contributed by atoms with Crippen molar-refractivity contribution < 1.29 is 18.8 Å². The lowest BCUT2D eigenvalue weighted by Gasteiger charge is -2.32. The molecule has 1 aromatic heterocycles. The van der Waals surface area contributed by atoms with E-state index in [1.807, 2.05) is 0 Å². The second-order valence-electron chi connectivity index (χ2n) is 9.23. The number of aryl methyl sites for hydroxylation is 1. The minimum Gasteiger partial charge on any atom is -0.353 e. The Hall–Kier alpha value is -3.23. The normalized spacial score (nSPS) is 20.4. The van der Waals surface area contributed by atoms with Crippen LogP contribution in [0.2, 0.25) is 0 Å². The minimum absolute atomic E-state index is 0.0262. The van der Waals surface area contributed by atoms with Gasteiger partial charge in [0.15, 0.2) is 5.69 Å². The van der Waals surface area contributed by atoms with Crippen LogP contribution < -0.4 is 5.32 Å². The number of carbonyl (C=O) groups excluding carboxylic acids is 3. The number of nitrogens with one attached hydrogen (secondary N) is 1. The predicted octanol–water partition coefficient (Wildman–Crippen LogP) is 1.89. The third kappa shape index (κ3) is 4.24. The van der Waals surface area contributed by atoms with Crippen molar-refractivity contribution in [2.45, 2.75) is 44.7 Å². The summed E-state index contributed by atoms with van der Waals surface area (Å²) in [7, 11) is 1.80. The van der Waals surface area contributed by atoms with E-state index in [0.29, 0.717) is 43.4 Å². The summed E-state index contributed by atoms with van der Waals surface area (Å²) in [5.74, 6) is -1.34. The number of nitrogens with zero attached hydrogens (tertiary/aromatic N) is 4. The van der Waals surface area contributed by atoms with Gasteiger partial charge in [0.05, 0.1) is 18.0 Å². The molecule has 33 heavy (non-hydrogen) atoms. The van der Waals surface area contributed by atoms with E-state index < -0.39 is 11.7 Å². The van der Waals surface area contributed by atoms with Gasteiger partial charge in [-0.15, -0.1) is 0 Å². The molecule has 8 nitrogen and oxygen atoms in total. The molecule has 2 aromatic rings. The molecule has 2 aliphatic heterocycles. The Kier molecular flexibility index (Phi) is 5.64. The fourth-order valence-corrected chi connectivity index (χ4v) is 4.81. The highest BCUT2D eigenvalue weighted by Crippen LogP contribution is 2.27. The monoisotopic (exact) mass is 453 g/mol. The zero-order chi connectivity index (χ0) is 23.1. The van der Waals surface area contributed by atoms with Gasteiger partial charge >= 0.3 is 0 Å². The Bertz CT molecular complexity index is 1110. The van der Waals surface area contributed by atoms with Gasteiger partial charge in [0, 0.05) is 50.4 Å². The first-order valence-corrected chi connectivity index (χ1v) is 11.6. The topological polar surface area (TPSA) is 87.5 Å². The second kappa shape index (κ2) is 8.61. The Labute approximate surface area is 191 Å². The van der Waals surface area contributed by atoms with Crippen LogP contribution in [-0.2, 0) is 24.8 Å². The molecule has 2 fully saturated rings. The molecule has 1 N–H and O–H groups in total. The maximum atomic E-state index is 14.2. The van der Waals surface area contributed by atoms with Gasteiger partial charge < -0.3 is 15.1 Å². The summed E-state index contributed by atoms with van der Waals surface area (Å²) < 4.78 is 15.9. The number of halogens is 1. The van der Waals surface area contributed by atoms with Crippen molar-refractivity contribution in [2.24, 2.45) is 13.0 Å². The number of carbonyl (C=O) groups is 3.